The lowest BCUT2D eigenvalue weighted by Gasteiger charge is -1.51. The second-order valence-electron chi connectivity index (χ2n) is 0.490. The third-order valence-electron chi connectivity index (χ3n) is 0. The lowest BCUT2D eigenvalue weighted by atomic mass is 15.8. The van der Waals surface area contributed by atoms with Crippen LogP contribution in [0.2, 0.25) is 0 Å². The fourth-order valence-corrected chi connectivity index (χ4v) is 0. The monoisotopic (exact) mass is 100.0 g/mol. The van der Waals surface area contributed by atoms with Gasteiger partial charge in [-0.1, -0.05) is 0 Å². The van der Waals surface area contributed by atoms with Crippen molar-refractivity contribution in [1.82, 2.24) is 0 Å². The van der Waals surface area contributed by atoms with Gasteiger partial charge in [-0.25, -0.2) is 0 Å². The average Bonchev–Trinajstić information content (AvgIpc) is 0.722. The maximum Gasteiger partial charge on any atom is 0.708 e. The molecule has 0 bridgehead atoms. The van der Waals surface area contributed by atoms with Crippen LogP contribution in [0.25, 0.3) is 0 Å². The van der Waals surface area contributed by atoms with Gasteiger partial charge in [0, 0.05) is 0 Å². The van der Waals surface area contributed by atoms with Crippen molar-refractivity contribution in [2.45, 2.75) is 0 Å². The van der Waals surface area contributed by atoms with Gasteiger partial charge in [0.15, 0.2) is 0 Å². The number of hydrogen-bond donors (Lipinski definition) is 2. The van der Waals surface area contributed by atoms with Gasteiger partial charge in [0.2, 0.25) is 0 Å². The summed E-state index contributed by atoms with van der Waals surface area (Å²) in [6, 6.07) is 0. The van der Waals surface area contributed by atoms with Gasteiger partial charge in [-0.15, -0.1) is 8.42 Å². The van der Waals surface area contributed by atoms with E-state index >= 15 is 0 Å². The Morgan fingerprint density at radius 1 is 1.20 bits per heavy atom. The molecule has 0 unspecified atom stereocenters. The van der Waals surface area contributed by atoms with Gasteiger partial charge >= 0.3 is 10.4 Å². The van der Waals surface area contributed by atoms with Crippen LogP contribution in [-0.4, -0.2) is 17.5 Å². The lowest BCUT2D eigenvalue weighted by Crippen LogP contribution is -1.88. The van der Waals surface area contributed by atoms with Gasteiger partial charge in [-0.2, -0.15) is 9.11 Å². The van der Waals surface area contributed by atoms with E-state index in [1.165, 1.54) is 0 Å². The number of rotatable bonds is 0. The fourth-order valence-electron chi connectivity index (χ4n) is 0. The molecule has 0 aliphatic heterocycles. The largest absolute Gasteiger partial charge is 0.708 e. The molecule has 5 heavy (non-hydrogen) atoms. The molecular formula is H4O4S+2. The summed E-state index contributed by atoms with van der Waals surface area (Å²) < 4.78 is 29.1. The van der Waals surface area contributed by atoms with E-state index in [0.717, 1.165) is 0 Å². The van der Waals surface area contributed by atoms with E-state index < -0.39 is 10.4 Å². The van der Waals surface area contributed by atoms with Crippen LogP contribution in [-0.2, 0) is 10.4 Å². The molecule has 0 fully saturated rings. The van der Waals surface area contributed by atoms with E-state index in [1.54, 1.807) is 0 Å². The van der Waals surface area contributed by atoms with E-state index in [9.17, 15) is 0 Å². The van der Waals surface area contributed by atoms with E-state index in [0.29, 0.717) is 0 Å². The zero-order chi connectivity index (χ0) is 4.50. The molecule has 4 N–H and O–H groups in total. The molecule has 0 amide bonds. The van der Waals surface area contributed by atoms with Crippen molar-refractivity contribution in [3.63, 3.8) is 0 Å². The molecule has 32 valence electrons. The van der Waals surface area contributed by atoms with Gasteiger partial charge in [-0.3, -0.25) is 0 Å². The van der Waals surface area contributed by atoms with Crippen LogP contribution in [0.5, 0.6) is 0 Å². The first kappa shape index (κ1) is 4.87. The average molecular weight is 100 g/mol. The van der Waals surface area contributed by atoms with Crippen molar-refractivity contribution in [2.24, 2.45) is 0 Å². The minimum atomic E-state index is -4.17. The predicted molar refractivity (Wildman–Crippen MR) is 16.5 cm³/mol. The first-order valence-electron chi connectivity index (χ1n) is 0.730. The van der Waals surface area contributed by atoms with Crippen LogP contribution in [0.4, 0.5) is 0 Å². The van der Waals surface area contributed by atoms with E-state index in [4.69, 9.17) is 17.5 Å². The molecule has 0 radical (unpaired) electrons. The Morgan fingerprint density at radius 3 is 1.20 bits per heavy atom. The van der Waals surface area contributed by atoms with Gasteiger partial charge in [0.25, 0.3) is 0 Å². The molecule has 0 aromatic rings. The first-order valence-corrected chi connectivity index (χ1v) is 2.19. The molecule has 0 spiro atoms. The van der Waals surface area contributed by atoms with E-state index in [1.807, 2.05) is 0 Å². The topological polar surface area (TPSA) is 83.3 Å². The summed E-state index contributed by atoms with van der Waals surface area (Å²) >= 11 is 0. The van der Waals surface area contributed by atoms with E-state index in [-0.39, 0.29) is 0 Å². The van der Waals surface area contributed by atoms with Crippen LogP contribution in [0.15, 0.2) is 0 Å². The summed E-state index contributed by atoms with van der Waals surface area (Å²) in [7, 11) is -4.17. The molecule has 0 heterocycles. The molecule has 0 atom stereocenters. The molecule has 0 aliphatic carbocycles. The SMILES string of the molecule is OS(O)(=[OH+])=[OH+]. The summed E-state index contributed by atoms with van der Waals surface area (Å²) in [5.74, 6) is 0. The highest BCUT2D eigenvalue weighted by atomic mass is 32.3. The summed E-state index contributed by atoms with van der Waals surface area (Å²) in [5, 5.41) is 0. The third kappa shape index (κ3) is 801. The van der Waals surface area contributed by atoms with Crippen molar-refractivity contribution >= 4 is 10.4 Å². The van der Waals surface area contributed by atoms with E-state index in [2.05, 4.69) is 0 Å². The van der Waals surface area contributed by atoms with Crippen molar-refractivity contribution < 1.29 is 17.5 Å². The van der Waals surface area contributed by atoms with Crippen LogP contribution >= 0.6 is 0 Å². The zero-order valence-corrected chi connectivity index (χ0v) is 3.01. The summed E-state index contributed by atoms with van der Waals surface area (Å²) in [4.78, 5) is 0. The smallest absolute Gasteiger partial charge is 0.176 e. The summed E-state index contributed by atoms with van der Waals surface area (Å²) in [6.07, 6.45) is 0. The van der Waals surface area contributed by atoms with Crippen molar-refractivity contribution in [3.8, 4) is 0 Å². The minimum Gasteiger partial charge on any atom is -0.176 e. The Labute approximate surface area is 29.0 Å². The van der Waals surface area contributed by atoms with Crippen LogP contribution in [0.1, 0.15) is 0 Å². The molecule has 0 aromatic heterocycles. The highest BCUT2D eigenvalue weighted by Gasteiger charge is 2.06. The van der Waals surface area contributed by atoms with Crippen LogP contribution < -0.4 is 0 Å². The Balaban J connectivity index is 4.06. The maximum absolute atomic E-state index is 7.27. The molecule has 0 aliphatic rings. The molecule has 0 saturated carbocycles. The molecule has 0 saturated heterocycles. The highest BCUT2D eigenvalue weighted by Crippen LogP contribution is 1.59. The van der Waals surface area contributed by atoms with Crippen molar-refractivity contribution in [2.75, 3.05) is 0 Å². The zero-order valence-electron chi connectivity index (χ0n) is 2.20. The van der Waals surface area contributed by atoms with Gasteiger partial charge in [-0.05, 0) is 0 Å². The second-order valence-corrected chi connectivity index (χ2v) is 1.47. The van der Waals surface area contributed by atoms with Gasteiger partial charge < -0.3 is 0 Å². The molecule has 0 rings (SSSR count). The quantitative estimate of drug-likeness (QED) is 0.322. The van der Waals surface area contributed by atoms with Crippen LogP contribution in [0, 0.1) is 0 Å². The lowest BCUT2D eigenvalue weighted by molar-refractivity contribution is 0.396. The summed E-state index contributed by atoms with van der Waals surface area (Å²) in [5.41, 5.74) is 0. The predicted octanol–water partition coefficient (Wildman–Crippen LogP) is -0.339. The molecule has 4 nitrogen and oxygen atoms in total. The highest BCUT2D eigenvalue weighted by molar-refractivity contribution is 7.80. The van der Waals surface area contributed by atoms with Gasteiger partial charge in [0.05, 0.1) is 0 Å². The Morgan fingerprint density at radius 2 is 1.20 bits per heavy atom. The first-order chi connectivity index (χ1) is 2.00. The van der Waals surface area contributed by atoms with Crippen molar-refractivity contribution in [3.05, 3.63) is 0 Å². The Bertz CT molecular complexity index is 86.8. The normalized spacial score (nSPS) is 11.6. The number of hydrogen-bond acceptors (Lipinski definition) is 0. The second kappa shape index (κ2) is 0.925. The van der Waals surface area contributed by atoms with Crippen LogP contribution in [0.3, 0.4) is 0 Å². The standard InChI is InChI=1S/H2O4S/c1-5(2,3)4/h(H2,1,2,3,4)/p+2. The van der Waals surface area contributed by atoms with Crippen molar-refractivity contribution in [1.29, 1.82) is 0 Å². The maximum atomic E-state index is 7.27. The fraction of sp³-hybridized carbons (Fsp3) is 0. The molecule has 5 heteroatoms. The third-order valence-corrected chi connectivity index (χ3v) is 0. The molecule has 0 aromatic carbocycles. The minimum absolute atomic E-state index is 4.17. The Hall–Kier alpha value is -0.130. The Kier molecular flexibility index (Phi) is 0.901. The summed E-state index contributed by atoms with van der Waals surface area (Å²) in [6.45, 7) is 0. The molecular weight excluding hydrogens is 96.1 g/mol. The van der Waals surface area contributed by atoms with Gasteiger partial charge in [0.1, 0.15) is 0 Å².